The molecule has 128 valence electrons. The Morgan fingerprint density at radius 2 is 2.00 bits per heavy atom. The molecular weight excluding hydrogens is 306 g/mol. The van der Waals surface area contributed by atoms with Crippen molar-refractivity contribution in [2.24, 2.45) is 5.73 Å². The van der Waals surface area contributed by atoms with Gasteiger partial charge >= 0.3 is 0 Å². The SMILES string of the molecule is CC(NC(=O)c1ccoc1)C(=O)N(CCCN)Cc1ccccc1. The molecule has 0 fully saturated rings. The van der Waals surface area contributed by atoms with Crippen molar-refractivity contribution in [3.8, 4) is 0 Å². The third-order valence-corrected chi connectivity index (χ3v) is 3.66. The molecule has 1 unspecified atom stereocenters. The maximum absolute atomic E-state index is 12.7. The van der Waals surface area contributed by atoms with Crippen LogP contribution in [0.3, 0.4) is 0 Å². The van der Waals surface area contributed by atoms with E-state index in [1.165, 1.54) is 12.5 Å². The van der Waals surface area contributed by atoms with Crippen molar-refractivity contribution in [1.29, 1.82) is 0 Å². The fourth-order valence-corrected chi connectivity index (χ4v) is 2.36. The molecule has 1 atom stereocenters. The van der Waals surface area contributed by atoms with Crippen LogP contribution in [0.1, 0.15) is 29.3 Å². The van der Waals surface area contributed by atoms with Crippen molar-refractivity contribution in [2.45, 2.75) is 25.9 Å². The van der Waals surface area contributed by atoms with Crippen LogP contribution in [0.25, 0.3) is 0 Å². The lowest BCUT2D eigenvalue weighted by atomic mass is 10.1. The highest BCUT2D eigenvalue weighted by Gasteiger charge is 2.22. The second-order valence-electron chi connectivity index (χ2n) is 5.59. The van der Waals surface area contributed by atoms with Crippen molar-refractivity contribution in [2.75, 3.05) is 13.1 Å². The van der Waals surface area contributed by atoms with Gasteiger partial charge < -0.3 is 20.4 Å². The predicted octanol–water partition coefficient (Wildman–Crippen LogP) is 1.78. The highest BCUT2D eigenvalue weighted by atomic mass is 16.3. The van der Waals surface area contributed by atoms with E-state index in [1.54, 1.807) is 17.9 Å². The van der Waals surface area contributed by atoms with E-state index >= 15 is 0 Å². The number of amides is 2. The zero-order valence-electron chi connectivity index (χ0n) is 13.8. The van der Waals surface area contributed by atoms with Crippen LogP contribution in [0.5, 0.6) is 0 Å². The van der Waals surface area contributed by atoms with Crippen molar-refractivity contribution >= 4 is 11.8 Å². The van der Waals surface area contributed by atoms with Gasteiger partial charge in [-0.1, -0.05) is 30.3 Å². The largest absolute Gasteiger partial charge is 0.472 e. The first-order chi connectivity index (χ1) is 11.6. The molecule has 0 saturated heterocycles. The fraction of sp³-hybridized carbons (Fsp3) is 0.333. The van der Waals surface area contributed by atoms with Gasteiger partial charge in [-0.25, -0.2) is 0 Å². The van der Waals surface area contributed by atoms with E-state index in [0.29, 0.717) is 31.6 Å². The highest BCUT2D eigenvalue weighted by molar-refractivity contribution is 5.97. The van der Waals surface area contributed by atoms with Gasteiger partial charge in [-0.15, -0.1) is 0 Å². The molecular formula is C18H23N3O3. The molecule has 1 aromatic heterocycles. The van der Waals surface area contributed by atoms with E-state index < -0.39 is 6.04 Å². The van der Waals surface area contributed by atoms with Crippen LogP contribution in [-0.2, 0) is 11.3 Å². The quantitative estimate of drug-likeness (QED) is 0.772. The van der Waals surface area contributed by atoms with Crippen LogP contribution in [0.2, 0.25) is 0 Å². The molecule has 0 saturated carbocycles. The summed E-state index contributed by atoms with van der Waals surface area (Å²) in [7, 11) is 0. The minimum atomic E-state index is -0.631. The summed E-state index contributed by atoms with van der Waals surface area (Å²) in [5.74, 6) is -0.466. The van der Waals surface area contributed by atoms with E-state index in [-0.39, 0.29) is 11.8 Å². The van der Waals surface area contributed by atoms with Crippen LogP contribution < -0.4 is 11.1 Å². The molecule has 24 heavy (non-hydrogen) atoms. The zero-order chi connectivity index (χ0) is 17.4. The van der Waals surface area contributed by atoms with Crippen LogP contribution >= 0.6 is 0 Å². The number of hydrogen-bond donors (Lipinski definition) is 2. The number of furan rings is 1. The summed E-state index contributed by atoms with van der Waals surface area (Å²) in [4.78, 5) is 26.5. The topological polar surface area (TPSA) is 88.6 Å². The summed E-state index contributed by atoms with van der Waals surface area (Å²) in [6, 6.07) is 10.7. The van der Waals surface area contributed by atoms with Crippen molar-refractivity contribution in [1.82, 2.24) is 10.2 Å². The molecule has 0 radical (unpaired) electrons. The number of nitrogens with one attached hydrogen (secondary N) is 1. The minimum absolute atomic E-state index is 0.135. The zero-order valence-corrected chi connectivity index (χ0v) is 13.8. The predicted molar refractivity (Wildman–Crippen MR) is 91.2 cm³/mol. The maximum Gasteiger partial charge on any atom is 0.255 e. The molecule has 0 bridgehead atoms. The Bertz CT molecular complexity index is 641. The third-order valence-electron chi connectivity index (χ3n) is 3.66. The van der Waals surface area contributed by atoms with Crippen molar-refractivity contribution in [3.63, 3.8) is 0 Å². The molecule has 0 aliphatic carbocycles. The van der Waals surface area contributed by atoms with Gasteiger partial charge in [0.2, 0.25) is 5.91 Å². The lowest BCUT2D eigenvalue weighted by Crippen LogP contribution is -2.47. The Kier molecular flexibility index (Phi) is 6.57. The normalized spacial score (nSPS) is 11.8. The van der Waals surface area contributed by atoms with Gasteiger partial charge in [0.15, 0.2) is 0 Å². The van der Waals surface area contributed by atoms with Crippen LogP contribution in [0.15, 0.2) is 53.3 Å². The van der Waals surface area contributed by atoms with Gasteiger partial charge in [0.25, 0.3) is 5.91 Å². The van der Waals surface area contributed by atoms with Gasteiger partial charge in [-0.3, -0.25) is 9.59 Å². The summed E-state index contributed by atoms with van der Waals surface area (Å²) in [6.07, 6.45) is 3.48. The fourth-order valence-electron chi connectivity index (χ4n) is 2.36. The molecule has 2 aromatic rings. The van der Waals surface area contributed by atoms with Crippen LogP contribution in [0, 0.1) is 0 Å². The van der Waals surface area contributed by atoms with E-state index in [0.717, 1.165) is 5.56 Å². The van der Waals surface area contributed by atoms with E-state index in [9.17, 15) is 9.59 Å². The summed E-state index contributed by atoms with van der Waals surface area (Å²) >= 11 is 0. The first-order valence-corrected chi connectivity index (χ1v) is 7.97. The second kappa shape index (κ2) is 8.88. The second-order valence-corrected chi connectivity index (χ2v) is 5.59. The van der Waals surface area contributed by atoms with E-state index in [1.807, 2.05) is 30.3 Å². The average Bonchev–Trinajstić information content (AvgIpc) is 3.13. The molecule has 2 rings (SSSR count). The van der Waals surface area contributed by atoms with Crippen LogP contribution in [-0.4, -0.2) is 35.8 Å². The summed E-state index contributed by atoms with van der Waals surface area (Å²) < 4.78 is 4.89. The van der Waals surface area contributed by atoms with Gasteiger partial charge in [0.1, 0.15) is 12.3 Å². The molecule has 2 amide bonds. The lowest BCUT2D eigenvalue weighted by Gasteiger charge is -2.26. The van der Waals surface area contributed by atoms with Crippen LogP contribution in [0.4, 0.5) is 0 Å². The molecule has 3 N–H and O–H groups in total. The number of nitrogens with two attached hydrogens (primary N) is 1. The summed E-state index contributed by atoms with van der Waals surface area (Å²) in [6.45, 7) is 3.23. The smallest absolute Gasteiger partial charge is 0.255 e. The monoisotopic (exact) mass is 329 g/mol. The van der Waals surface area contributed by atoms with Gasteiger partial charge in [-0.05, 0) is 31.5 Å². The van der Waals surface area contributed by atoms with E-state index in [2.05, 4.69) is 5.32 Å². The number of nitrogens with zero attached hydrogens (tertiary/aromatic N) is 1. The average molecular weight is 329 g/mol. The number of rotatable bonds is 8. The summed E-state index contributed by atoms with van der Waals surface area (Å²) in [5, 5.41) is 2.70. The molecule has 0 aliphatic heterocycles. The highest BCUT2D eigenvalue weighted by Crippen LogP contribution is 2.08. The Morgan fingerprint density at radius 3 is 2.62 bits per heavy atom. The molecule has 1 heterocycles. The van der Waals surface area contributed by atoms with Crippen molar-refractivity contribution in [3.05, 3.63) is 60.1 Å². The molecule has 6 heteroatoms. The molecule has 0 spiro atoms. The Labute approximate surface area is 141 Å². The molecule has 6 nitrogen and oxygen atoms in total. The number of carbonyl (C=O) groups is 2. The summed E-state index contributed by atoms with van der Waals surface area (Å²) in [5.41, 5.74) is 7.01. The minimum Gasteiger partial charge on any atom is -0.472 e. The van der Waals surface area contributed by atoms with Gasteiger partial charge in [0, 0.05) is 13.1 Å². The Morgan fingerprint density at radius 1 is 1.25 bits per heavy atom. The third kappa shape index (κ3) is 4.96. The molecule has 0 aliphatic rings. The van der Waals surface area contributed by atoms with Crippen molar-refractivity contribution < 1.29 is 14.0 Å². The lowest BCUT2D eigenvalue weighted by molar-refractivity contribution is -0.133. The number of benzene rings is 1. The number of hydrogen-bond acceptors (Lipinski definition) is 4. The number of carbonyl (C=O) groups excluding carboxylic acids is 2. The Hall–Kier alpha value is -2.60. The Balaban J connectivity index is 2.01. The first kappa shape index (κ1) is 17.7. The van der Waals surface area contributed by atoms with Gasteiger partial charge in [0.05, 0.1) is 11.8 Å². The van der Waals surface area contributed by atoms with E-state index in [4.69, 9.17) is 10.2 Å². The molecule has 1 aromatic carbocycles. The standard InChI is InChI=1S/C18H23N3O3/c1-14(20-17(22)16-8-11-24-13-16)18(23)21(10-5-9-19)12-15-6-3-2-4-7-15/h2-4,6-8,11,13-14H,5,9-10,12,19H2,1H3,(H,20,22). The maximum atomic E-state index is 12.7. The van der Waals surface area contributed by atoms with Gasteiger partial charge in [-0.2, -0.15) is 0 Å². The first-order valence-electron chi connectivity index (χ1n) is 7.97.